The van der Waals surface area contributed by atoms with E-state index >= 15 is 0 Å². The lowest BCUT2D eigenvalue weighted by Gasteiger charge is -2.18. The zero-order valence-corrected chi connectivity index (χ0v) is 17.9. The highest BCUT2D eigenvalue weighted by Gasteiger charge is 2.11. The molecule has 2 N–H and O–H groups in total. The summed E-state index contributed by atoms with van der Waals surface area (Å²) in [5.41, 5.74) is 7.00. The molecule has 2 heterocycles. The summed E-state index contributed by atoms with van der Waals surface area (Å²) in [7, 11) is 0. The quantitative estimate of drug-likeness (QED) is 0.262. The van der Waals surface area contributed by atoms with Gasteiger partial charge in [0.05, 0.1) is 17.2 Å². The number of hydrazone groups is 1. The van der Waals surface area contributed by atoms with E-state index < -0.39 is 0 Å². The fourth-order valence-corrected chi connectivity index (χ4v) is 4.11. The number of carbonyl (C=O) groups is 1. The van der Waals surface area contributed by atoms with Gasteiger partial charge in [0.2, 0.25) is 0 Å². The van der Waals surface area contributed by atoms with Crippen LogP contribution < -0.4 is 14.9 Å². The van der Waals surface area contributed by atoms with Gasteiger partial charge in [-0.2, -0.15) is 5.10 Å². The summed E-state index contributed by atoms with van der Waals surface area (Å²) in [6, 6.07) is 20.9. The average molecular weight is 445 g/mol. The van der Waals surface area contributed by atoms with Gasteiger partial charge in [-0.05, 0) is 53.6 Å². The van der Waals surface area contributed by atoms with Crippen LogP contribution in [-0.2, 0) is 5.75 Å². The lowest BCUT2D eigenvalue weighted by Crippen LogP contribution is -2.17. The van der Waals surface area contributed by atoms with Crippen molar-refractivity contribution in [2.24, 2.45) is 5.10 Å². The smallest absolute Gasteiger partial charge is 0.271 e. The van der Waals surface area contributed by atoms with Crippen molar-refractivity contribution in [1.29, 1.82) is 0 Å². The number of nitrogens with one attached hydrogen (secondary N) is 2. The molecule has 0 aliphatic carbocycles. The number of H-pyrrole nitrogens is 1. The second kappa shape index (κ2) is 9.15. The molecule has 160 valence electrons. The summed E-state index contributed by atoms with van der Waals surface area (Å²) in [5.74, 6) is 1.89. The van der Waals surface area contributed by atoms with Crippen molar-refractivity contribution >= 4 is 34.9 Å². The standard InChI is InChI=1S/C24H20N4O3S/c29-23(28-25-14-17-7-10-21-22(13-17)31-12-11-30-21)18-8-5-16(6-9-18)15-32-24-26-19-3-1-2-4-20(19)27-24/h1-10,13-14H,11-12,15H2,(H,26,27)(H,28,29). The Morgan fingerprint density at radius 1 is 1.06 bits per heavy atom. The predicted octanol–water partition coefficient (Wildman–Crippen LogP) is 4.39. The number of thioether (sulfide) groups is 1. The van der Waals surface area contributed by atoms with Gasteiger partial charge in [0.25, 0.3) is 5.91 Å². The van der Waals surface area contributed by atoms with E-state index in [9.17, 15) is 4.79 Å². The first-order chi connectivity index (χ1) is 15.7. The van der Waals surface area contributed by atoms with Crippen LogP contribution >= 0.6 is 11.8 Å². The molecule has 4 aromatic rings. The molecular weight excluding hydrogens is 424 g/mol. The summed E-state index contributed by atoms with van der Waals surface area (Å²) in [4.78, 5) is 20.2. The zero-order chi connectivity index (χ0) is 21.8. The number of benzene rings is 3. The van der Waals surface area contributed by atoms with E-state index in [0.717, 1.165) is 38.8 Å². The van der Waals surface area contributed by atoms with Gasteiger partial charge in [-0.25, -0.2) is 10.4 Å². The number of carbonyl (C=O) groups excluding carboxylic acids is 1. The van der Waals surface area contributed by atoms with Gasteiger partial charge < -0.3 is 14.5 Å². The molecule has 0 radical (unpaired) electrons. The SMILES string of the molecule is O=C(NN=Cc1ccc2c(c1)OCCO2)c1ccc(CSc2nc3ccccc3[nH]2)cc1. The average Bonchev–Trinajstić information content (AvgIpc) is 3.26. The lowest BCUT2D eigenvalue weighted by molar-refractivity contribution is 0.0955. The van der Waals surface area contributed by atoms with Crippen molar-refractivity contribution in [1.82, 2.24) is 15.4 Å². The largest absolute Gasteiger partial charge is 0.486 e. The fourth-order valence-electron chi connectivity index (χ4n) is 3.27. The monoisotopic (exact) mass is 444 g/mol. The van der Waals surface area contributed by atoms with Gasteiger partial charge >= 0.3 is 0 Å². The molecule has 0 unspecified atom stereocenters. The number of para-hydroxylation sites is 2. The van der Waals surface area contributed by atoms with Crippen molar-refractivity contribution in [3.63, 3.8) is 0 Å². The molecule has 8 heteroatoms. The minimum Gasteiger partial charge on any atom is -0.486 e. The number of aromatic amines is 1. The van der Waals surface area contributed by atoms with Crippen molar-refractivity contribution in [2.45, 2.75) is 10.9 Å². The Labute approximate surface area is 188 Å². The molecule has 0 spiro atoms. The van der Waals surface area contributed by atoms with Crippen LogP contribution in [0.25, 0.3) is 11.0 Å². The van der Waals surface area contributed by atoms with Crippen LogP contribution in [0.3, 0.4) is 0 Å². The van der Waals surface area contributed by atoms with Crippen LogP contribution in [0.1, 0.15) is 21.5 Å². The van der Waals surface area contributed by atoms with E-state index in [4.69, 9.17) is 9.47 Å². The summed E-state index contributed by atoms with van der Waals surface area (Å²) in [6.07, 6.45) is 1.58. The van der Waals surface area contributed by atoms with E-state index in [0.29, 0.717) is 24.5 Å². The third-order valence-corrected chi connectivity index (χ3v) is 5.85. The number of fused-ring (bicyclic) bond motifs is 2. The second-order valence-electron chi connectivity index (χ2n) is 7.15. The van der Waals surface area contributed by atoms with Crippen LogP contribution in [0.4, 0.5) is 0 Å². The number of nitrogens with zero attached hydrogens (tertiary/aromatic N) is 2. The summed E-state index contributed by atoms with van der Waals surface area (Å²) in [6.45, 7) is 1.07. The van der Waals surface area contributed by atoms with Gasteiger partial charge in [-0.3, -0.25) is 4.79 Å². The van der Waals surface area contributed by atoms with Gasteiger partial charge in [-0.15, -0.1) is 0 Å². The maximum Gasteiger partial charge on any atom is 0.271 e. The van der Waals surface area contributed by atoms with Gasteiger partial charge in [0.1, 0.15) is 13.2 Å². The molecule has 1 aromatic heterocycles. The maximum atomic E-state index is 12.4. The lowest BCUT2D eigenvalue weighted by atomic mass is 10.1. The van der Waals surface area contributed by atoms with Gasteiger partial charge in [-0.1, -0.05) is 36.0 Å². The van der Waals surface area contributed by atoms with Crippen molar-refractivity contribution in [2.75, 3.05) is 13.2 Å². The Hall–Kier alpha value is -3.78. The summed E-state index contributed by atoms with van der Waals surface area (Å²) >= 11 is 1.62. The highest BCUT2D eigenvalue weighted by atomic mass is 32.2. The minimum atomic E-state index is -0.268. The number of hydrogen-bond acceptors (Lipinski definition) is 6. The predicted molar refractivity (Wildman–Crippen MR) is 125 cm³/mol. The first kappa shape index (κ1) is 20.1. The molecule has 3 aromatic carbocycles. The Morgan fingerprint density at radius 2 is 1.88 bits per heavy atom. The van der Waals surface area contributed by atoms with Gasteiger partial charge in [0, 0.05) is 11.3 Å². The Bertz CT molecular complexity index is 1250. The number of amides is 1. The first-order valence-corrected chi connectivity index (χ1v) is 11.1. The van der Waals surface area contributed by atoms with Crippen LogP contribution in [-0.4, -0.2) is 35.3 Å². The number of rotatable bonds is 6. The molecule has 1 aliphatic heterocycles. The van der Waals surface area contributed by atoms with Gasteiger partial charge in [0.15, 0.2) is 16.7 Å². The number of aromatic nitrogens is 2. The highest BCUT2D eigenvalue weighted by molar-refractivity contribution is 7.98. The van der Waals surface area contributed by atoms with Crippen molar-refractivity contribution in [3.8, 4) is 11.5 Å². The topological polar surface area (TPSA) is 88.6 Å². The molecule has 7 nitrogen and oxygen atoms in total. The van der Waals surface area contributed by atoms with Crippen LogP contribution in [0.2, 0.25) is 0 Å². The van der Waals surface area contributed by atoms with E-state index in [-0.39, 0.29) is 5.91 Å². The Balaban J connectivity index is 1.15. The molecule has 0 bridgehead atoms. The molecular formula is C24H20N4O3S. The molecule has 1 amide bonds. The molecule has 0 atom stereocenters. The van der Waals surface area contributed by atoms with Crippen LogP contribution in [0.15, 0.2) is 77.0 Å². The molecule has 0 fully saturated rings. The van der Waals surface area contributed by atoms with E-state index in [1.54, 1.807) is 30.1 Å². The van der Waals surface area contributed by atoms with Crippen LogP contribution in [0, 0.1) is 0 Å². The fraction of sp³-hybridized carbons (Fsp3) is 0.125. The van der Waals surface area contributed by atoms with Crippen LogP contribution in [0.5, 0.6) is 11.5 Å². The summed E-state index contributed by atoms with van der Waals surface area (Å²) in [5, 5.41) is 4.92. The van der Waals surface area contributed by atoms with E-state index in [1.165, 1.54) is 0 Å². The summed E-state index contributed by atoms with van der Waals surface area (Å²) < 4.78 is 11.1. The van der Waals surface area contributed by atoms with Crippen molar-refractivity contribution in [3.05, 3.63) is 83.4 Å². The maximum absolute atomic E-state index is 12.4. The second-order valence-corrected chi connectivity index (χ2v) is 8.11. The Kier molecular flexibility index (Phi) is 5.76. The number of ether oxygens (including phenoxy) is 2. The third-order valence-electron chi connectivity index (χ3n) is 4.91. The van der Waals surface area contributed by atoms with E-state index in [1.807, 2.05) is 54.6 Å². The normalized spacial score (nSPS) is 12.9. The zero-order valence-electron chi connectivity index (χ0n) is 17.1. The number of imidazole rings is 1. The first-order valence-electron chi connectivity index (χ1n) is 10.1. The Morgan fingerprint density at radius 3 is 2.72 bits per heavy atom. The number of hydrogen-bond donors (Lipinski definition) is 2. The third kappa shape index (κ3) is 4.60. The van der Waals surface area contributed by atoms with Crippen molar-refractivity contribution < 1.29 is 14.3 Å². The molecule has 32 heavy (non-hydrogen) atoms. The molecule has 1 aliphatic rings. The highest BCUT2D eigenvalue weighted by Crippen LogP contribution is 2.30. The minimum absolute atomic E-state index is 0.268. The molecule has 0 saturated carbocycles. The van der Waals surface area contributed by atoms with E-state index in [2.05, 4.69) is 20.5 Å². The molecule has 5 rings (SSSR count). The molecule has 0 saturated heterocycles.